The standard InChI is InChI=1S/C24H26N2O2/c1-26(2)17-23(19-7-5-4-6-8-19)25-24(27)14-10-18-9-11-21-16-22(28-3)13-12-20(21)15-18/h4-16,23H,17H2,1-3H3,(H,25,27)/b14-10+/t23-/m1/s1. The third kappa shape index (κ3) is 5.21. The second kappa shape index (κ2) is 9.20. The molecule has 0 aliphatic heterocycles. The lowest BCUT2D eigenvalue weighted by molar-refractivity contribution is -0.117. The fourth-order valence-corrected chi connectivity index (χ4v) is 3.15. The average Bonchev–Trinajstić information content (AvgIpc) is 2.71. The lowest BCUT2D eigenvalue weighted by atomic mass is 10.1. The maximum atomic E-state index is 12.5. The van der Waals surface area contributed by atoms with E-state index in [1.807, 2.05) is 80.8 Å². The summed E-state index contributed by atoms with van der Waals surface area (Å²) in [6.07, 6.45) is 3.44. The quantitative estimate of drug-likeness (QED) is 0.628. The average molecular weight is 374 g/mol. The zero-order valence-electron chi connectivity index (χ0n) is 16.6. The number of nitrogens with zero attached hydrogens (tertiary/aromatic N) is 1. The zero-order valence-corrected chi connectivity index (χ0v) is 16.6. The zero-order chi connectivity index (χ0) is 19.9. The predicted molar refractivity (Wildman–Crippen MR) is 115 cm³/mol. The minimum absolute atomic E-state index is 0.0579. The summed E-state index contributed by atoms with van der Waals surface area (Å²) in [6, 6.07) is 22.0. The van der Waals surface area contributed by atoms with E-state index in [1.54, 1.807) is 13.2 Å². The smallest absolute Gasteiger partial charge is 0.244 e. The molecule has 0 saturated heterocycles. The minimum Gasteiger partial charge on any atom is -0.497 e. The SMILES string of the molecule is COc1ccc2cc(/C=C/C(=O)N[C@H](CN(C)C)c3ccccc3)ccc2c1. The van der Waals surface area contributed by atoms with E-state index in [4.69, 9.17) is 4.74 Å². The topological polar surface area (TPSA) is 41.6 Å². The summed E-state index contributed by atoms with van der Waals surface area (Å²) in [4.78, 5) is 14.6. The number of hydrogen-bond acceptors (Lipinski definition) is 3. The number of nitrogens with one attached hydrogen (secondary N) is 1. The van der Waals surface area contributed by atoms with Crippen LogP contribution in [-0.2, 0) is 4.79 Å². The van der Waals surface area contributed by atoms with E-state index in [-0.39, 0.29) is 11.9 Å². The Balaban J connectivity index is 1.72. The molecule has 0 heterocycles. The lowest BCUT2D eigenvalue weighted by Crippen LogP contribution is -2.34. The molecule has 0 aliphatic rings. The Morgan fingerprint density at radius 2 is 1.75 bits per heavy atom. The van der Waals surface area contributed by atoms with Crippen LogP contribution in [0.2, 0.25) is 0 Å². The number of benzene rings is 3. The highest BCUT2D eigenvalue weighted by Gasteiger charge is 2.13. The van der Waals surface area contributed by atoms with Crippen molar-refractivity contribution in [3.63, 3.8) is 0 Å². The summed E-state index contributed by atoms with van der Waals surface area (Å²) in [7, 11) is 5.67. The van der Waals surface area contributed by atoms with Crippen LogP contribution in [0, 0.1) is 0 Å². The third-order valence-corrected chi connectivity index (χ3v) is 4.56. The van der Waals surface area contributed by atoms with Crippen LogP contribution in [0.1, 0.15) is 17.2 Å². The molecule has 3 aromatic rings. The Morgan fingerprint density at radius 1 is 1.04 bits per heavy atom. The number of methoxy groups -OCH3 is 1. The molecule has 144 valence electrons. The van der Waals surface area contributed by atoms with Crippen LogP contribution < -0.4 is 10.1 Å². The van der Waals surface area contributed by atoms with Gasteiger partial charge in [0.2, 0.25) is 5.91 Å². The number of likely N-dealkylation sites (N-methyl/N-ethyl adjacent to an activating group) is 1. The fourth-order valence-electron chi connectivity index (χ4n) is 3.15. The first-order chi connectivity index (χ1) is 13.5. The van der Waals surface area contributed by atoms with Crippen molar-refractivity contribution in [2.75, 3.05) is 27.7 Å². The molecule has 3 rings (SSSR count). The van der Waals surface area contributed by atoms with Gasteiger partial charge in [-0.1, -0.05) is 48.5 Å². The Morgan fingerprint density at radius 3 is 2.46 bits per heavy atom. The van der Waals surface area contributed by atoms with Crippen LogP contribution in [0.4, 0.5) is 0 Å². The largest absolute Gasteiger partial charge is 0.497 e. The molecule has 1 amide bonds. The van der Waals surface area contributed by atoms with Crippen molar-refractivity contribution in [1.82, 2.24) is 10.2 Å². The van der Waals surface area contributed by atoms with E-state index in [1.165, 1.54) is 0 Å². The van der Waals surface area contributed by atoms with Gasteiger partial charge in [-0.15, -0.1) is 0 Å². The van der Waals surface area contributed by atoms with Crippen molar-refractivity contribution < 1.29 is 9.53 Å². The molecule has 1 atom stereocenters. The van der Waals surface area contributed by atoms with Crippen molar-refractivity contribution >= 4 is 22.8 Å². The summed E-state index contributed by atoms with van der Waals surface area (Å²) in [5.41, 5.74) is 2.08. The van der Waals surface area contributed by atoms with Crippen molar-refractivity contribution in [2.24, 2.45) is 0 Å². The van der Waals surface area contributed by atoms with Gasteiger partial charge in [-0.2, -0.15) is 0 Å². The maximum absolute atomic E-state index is 12.5. The van der Waals surface area contributed by atoms with Crippen molar-refractivity contribution in [3.8, 4) is 5.75 Å². The van der Waals surface area contributed by atoms with Gasteiger partial charge in [-0.25, -0.2) is 0 Å². The molecule has 28 heavy (non-hydrogen) atoms. The van der Waals surface area contributed by atoms with Crippen LogP contribution >= 0.6 is 0 Å². The van der Waals surface area contributed by atoms with Crippen molar-refractivity contribution in [2.45, 2.75) is 6.04 Å². The van der Waals surface area contributed by atoms with Crippen LogP contribution in [0.5, 0.6) is 5.75 Å². The van der Waals surface area contributed by atoms with Gasteiger partial charge in [-0.05, 0) is 60.3 Å². The van der Waals surface area contributed by atoms with E-state index in [0.29, 0.717) is 0 Å². The molecule has 4 heteroatoms. The molecule has 1 N–H and O–H groups in total. The van der Waals surface area contributed by atoms with Gasteiger partial charge in [0, 0.05) is 12.6 Å². The Kier molecular flexibility index (Phi) is 6.45. The molecular formula is C24H26N2O2. The van der Waals surface area contributed by atoms with E-state index in [2.05, 4.69) is 16.3 Å². The van der Waals surface area contributed by atoms with Gasteiger partial charge in [-0.3, -0.25) is 4.79 Å². The molecule has 3 aromatic carbocycles. The lowest BCUT2D eigenvalue weighted by Gasteiger charge is -2.22. The molecule has 0 aromatic heterocycles. The maximum Gasteiger partial charge on any atom is 0.244 e. The van der Waals surface area contributed by atoms with Crippen molar-refractivity contribution in [1.29, 1.82) is 0 Å². The number of rotatable bonds is 7. The van der Waals surface area contributed by atoms with Crippen molar-refractivity contribution in [3.05, 3.63) is 83.9 Å². The normalized spacial score (nSPS) is 12.4. The summed E-state index contributed by atoms with van der Waals surface area (Å²) in [6.45, 7) is 0.738. The Hall–Kier alpha value is -3.11. The van der Waals surface area contributed by atoms with Crippen LogP contribution in [0.15, 0.2) is 72.8 Å². The van der Waals surface area contributed by atoms with Gasteiger partial charge in [0.25, 0.3) is 0 Å². The highest BCUT2D eigenvalue weighted by molar-refractivity contribution is 5.93. The Bertz CT molecular complexity index is 965. The van der Waals surface area contributed by atoms with Gasteiger partial charge in [0.1, 0.15) is 5.75 Å². The number of ether oxygens (including phenoxy) is 1. The predicted octanol–water partition coefficient (Wildman–Crippen LogP) is 4.28. The van der Waals surface area contributed by atoms with Gasteiger partial charge >= 0.3 is 0 Å². The molecular weight excluding hydrogens is 348 g/mol. The molecule has 0 aliphatic carbocycles. The summed E-state index contributed by atoms with van der Waals surface area (Å²) in [5, 5.41) is 5.32. The number of hydrogen-bond donors (Lipinski definition) is 1. The molecule has 0 fully saturated rings. The van der Waals surface area contributed by atoms with Gasteiger partial charge in [0.15, 0.2) is 0 Å². The van der Waals surface area contributed by atoms with E-state index < -0.39 is 0 Å². The molecule has 0 saturated carbocycles. The summed E-state index contributed by atoms with van der Waals surface area (Å²) in [5.74, 6) is 0.730. The minimum atomic E-state index is -0.106. The van der Waals surface area contributed by atoms with E-state index in [0.717, 1.165) is 34.2 Å². The van der Waals surface area contributed by atoms with E-state index >= 15 is 0 Å². The first-order valence-corrected chi connectivity index (χ1v) is 9.31. The third-order valence-electron chi connectivity index (χ3n) is 4.56. The molecule has 0 radical (unpaired) electrons. The molecule has 0 unspecified atom stereocenters. The highest BCUT2D eigenvalue weighted by Crippen LogP contribution is 2.22. The fraction of sp³-hybridized carbons (Fsp3) is 0.208. The van der Waals surface area contributed by atoms with Gasteiger partial charge < -0.3 is 15.0 Å². The number of fused-ring (bicyclic) bond motifs is 1. The molecule has 0 spiro atoms. The first-order valence-electron chi connectivity index (χ1n) is 9.31. The van der Waals surface area contributed by atoms with Gasteiger partial charge in [0.05, 0.1) is 13.2 Å². The summed E-state index contributed by atoms with van der Waals surface area (Å²) >= 11 is 0. The second-order valence-electron chi connectivity index (χ2n) is 7.04. The van der Waals surface area contributed by atoms with E-state index in [9.17, 15) is 4.79 Å². The summed E-state index contributed by atoms with van der Waals surface area (Å²) < 4.78 is 5.26. The second-order valence-corrected chi connectivity index (χ2v) is 7.04. The number of carbonyl (C=O) groups excluding carboxylic acids is 1. The highest BCUT2D eigenvalue weighted by atomic mass is 16.5. The Labute approximate surface area is 166 Å². The molecule has 0 bridgehead atoms. The monoisotopic (exact) mass is 374 g/mol. The van der Waals surface area contributed by atoms with Crippen LogP contribution in [-0.4, -0.2) is 38.6 Å². The number of amides is 1. The first kappa shape index (κ1) is 19.6. The number of carbonyl (C=O) groups is 1. The van der Waals surface area contributed by atoms with Crippen LogP contribution in [0.25, 0.3) is 16.8 Å². The van der Waals surface area contributed by atoms with Crippen LogP contribution in [0.3, 0.4) is 0 Å². The molecule has 4 nitrogen and oxygen atoms in total.